The topological polar surface area (TPSA) is 37.3 Å². The molecule has 0 atom stereocenters. The van der Waals surface area contributed by atoms with E-state index in [0.717, 1.165) is 11.4 Å². The summed E-state index contributed by atoms with van der Waals surface area (Å²) in [6.45, 7) is 1.89. The predicted octanol–water partition coefficient (Wildman–Crippen LogP) is 2.73. The molecule has 0 saturated carbocycles. The second kappa shape index (κ2) is 10.1. The fourth-order valence-corrected chi connectivity index (χ4v) is 0.992. The number of halogens is 1. The van der Waals surface area contributed by atoms with Crippen molar-refractivity contribution in [1.29, 1.82) is 0 Å². The van der Waals surface area contributed by atoms with Crippen LogP contribution in [0.5, 0.6) is 0 Å². The Balaban J connectivity index is 0.00000106. The molecule has 0 aliphatic rings. The van der Waals surface area contributed by atoms with Crippen molar-refractivity contribution in [3.8, 4) is 0 Å². The van der Waals surface area contributed by atoms with E-state index in [1.54, 1.807) is 6.20 Å². The minimum atomic E-state index is 0.653. The van der Waals surface area contributed by atoms with E-state index in [1.807, 2.05) is 31.4 Å². The van der Waals surface area contributed by atoms with Crippen LogP contribution < -0.4 is 5.43 Å². The van der Waals surface area contributed by atoms with Crippen LogP contribution in [0.25, 0.3) is 0 Å². The number of hydrogen-bond donors (Lipinski definition) is 1. The van der Waals surface area contributed by atoms with E-state index in [9.17, 15) is 0 Å². The SMILES string of the molecule is CSC(=S)NN=C(C)c1ccccn1.[Cl][Cu]. The molecule has 0 aliphatic heterocycles. The van der Waals surface area contributed by atoms with E-state index in [0.29, 0.717) is 4.32 Å². The minimum absolute atomic E-state index is 0.653. The van der Waals surface area contributed by atoms with Gasteiger partial charge >= 0.3 is 25.2 Å². The number of thiocarbonyl (C=S) groups is 1. The summed E-state index contributed by atoms with van der Waals surface area (Å²) in [5.41, 5.74) is 4.45. The van der Waals surface area contributed by atoms with Gasteiger partial charge in [-0.1, -0.05) is 30.0 Å². The molecular weight excluding hydrogens is 313 g/mol. The van der Waals surface area contributed by atoms with Crippen molar-refractivity contribution in [2.75, 3.05) is 6.26 Å². The van der Waals surface area contributed by atoms with Crippen molar-refractivity contribution < 1.29 is 15.1 Å². The molecule has 0 spiro atoms. The average molecular weight is 324 g/mol. The number of hydrogen-bond acceptors (Lipinski definition) is 4. The molecule has 1 aromatic rings. The molecule has 0 saturated heterocycles. The fraction of sp³-hybridized carbons (Fsp3) is 0.222. The van der Waals surface area contributed by atoms with Crippen LogP contribution in [0, 0.1) is 0 Å². The molecule has 0 radical (unpaired) electrons. The van der Waals surface area contributed by atoms with Crippen LogP contribution in [-0.4, -0.2) is 21.3 Å². The summed E-state index contributed by atoms with van der Waals surface area (Å²) in [6, 6.07) is 5.70. The van der Waals surface area contributed by atoms with Crippen LogP contribution in [0.1, 0.15) is 12.6 Å². The Morgan fingerprint density at radius 1 is 1.56 bits per heavy atom. The average Bonchev–Trinajstić information content (AvgIpc) is 2.38. The van der Waals surface area contributed by atoms with Gasteiger partial charge in [-0.2, -0.15) is 5.10 Å². The first kappa shape index (κ1) is 15.9. The predicted molar refractivity (Wildman–Crippen MR) is 71.5 cm³/mol. The van der Waals surface area contributed by atoms with E-state index in [-0.39, 0.29) is 0 Å². The number of pyridine rings is 1. The summed E-state index contributed by atoms with van der Waals surface area (Å²) in [6.07, 6.45) is 3.64. The number of rotatable bonds is 2. The first-order chi connectivity index (χ1) is 7.74. The molecule has 0 bridgehead atoms. The molecule has 0 aliphatic carbocycles. The Hall–Kier alpha value is -0.131. The molecule has 3 nitrogen and oxygen atoms in total. The molecule has 1 rings (SSSR count). The fourth-order valence-electron chi connectivity index (χ4n) is 0.809. The maximum absolute atomic E-state index is 4.95. The van der Waals surface area contributed by atoms with E-state index >= 15 is 0 Å². The van der Waals surface area contributed by atoms with Crippen LogP contribution in [-0.2, 0) is 15.1 Å². The quantitative estimate of drug-likeness (QED) is 0.393. The molecule has 0 aromatic carbocycles. The summed E-state index contributed by atoms with van der Waals surface area (Å²) in [7, 11) is 4.20. The first-order valence-electron chi connectivity index (χ1n) is 4.15. The van der Waals surface area contributed by atoms with E-state index in [2.05, 4.69) is 40.7 Å². The van der Waals surface area contributed by atoms with Crippen LogP contribution in [0.3, 0.4) is 0 Å². The third-order valence-electron chi connectivity index (χ3n) is 1.54. The molecule has 0 amide bonds. The second-order valence-electron chi connectivity index (χ2n) is 2.52. The summed E-state index contributed by atoms with van der Waals surface area (Å²) < 4.78 is 0.653. The van der Waals surface area contributed by atoms with Crippen molar-refractivity contribution in [2.24, 2.45) is 5.10 Å². The molecule has 1 N–H and O–H groups in total. The van der Waals surface area contributed by atoms with E-state index in [4.69, 9.17) is 12.2 Å². The summed E-state index contributed by atoms with van der Waals surface area (Å²) in [5.74, 6) is 0. The van der Waals surface area contributed by atoms with Crippen LogP contribution in [0.4, 0.5) is 0 Å². The van der Waals surface area contributed by atoms with Crippen molar-refractivity contribution in [1.82, 2.24) is 10.4 Å². The molecule has 7 heteroatoms. The van der Waals surface area contributed by atoms with Gasteiger partial charge in [-0.25, -0.2) is 0 Å². The zero-order valence-corrected chi connectivity index (χ0v) is 12.0. The Labute approximate surface area is 117 Å². The third-order valence-corrected chi connectivity index (χ3v) is 2.59. The van der Waals surface area contributed by atoms with Gasteiger partial charge in [0.25, 0.3) is 0 Å². The van der Waals surface area contributed by atoms with E-state index < -0.39 is 0 Å². The Morgan fingerprint density at radius 3 is 2.75 bits per heavy atom. The molecular formula is C9H11ClCuN3S2. The van der Waals surface area contributed by atoms with Crippen LogP contribution in [0.15, 0.2) is 29.5 Å². The Morgan fingerprint density at radius 2 is 2.25 bits per heavy atom. The molecule has 16 heavy (non-hydrogen) atoms. The number of nitrogens with one attached hydrogen (secondary N) is 1. The number of hydrazone groups is 1. The maximum atomic E-state index is 4.95. The van der Waals surface area contributed by atoms with Crippen molar-refractivity contribution in [2.45, 2.75) is 6.92 Å². The van der Waals surface area contributed by atoms with Crippen LogP contribution >= 0.6 is 34.1 Å². The Bertz CT molecular complexity index is 346. The van der Waals surface area contributed by atoms with Gasteiger partial charge in [-0.3, -0.25) is 10.4 Å². The zero-order chi connectivity index (χ0) is 12.4. The van der Waals surface area contributed by atoms with Crippen molar-refractivity contribution in [3.63, 3.8) is 0 Å². The molecule has 1 aromatic heterocycles. The third kappa shape index (κ3) is 6.45. The van der Waals surface area contributed by atoms with Gasteiger partial charge in [0.1, 0.15) is 0 Å². The monoisotopic (exact) mass is 323 g/mol. The number of thioether (sulfide) groups is 1. The summed E-state index contributed by atoms with van der Waals surface area (Å²) in [5, 5.41) is 4.11. The normalized spacial score (nSPS) is 10.2. The van der Waals surface area contributed by atoms with Gasteiger partial charge in [0, 0.05) is 6.20 Å². The number of nitrogens with zero attached hydrogens (tertiary/aromatic N) is 2. The van der Waals surface area contributed by atoms with Gasteiger partial charge < -0.3 is 0 Å². The van der Waals surface area contributed by atoms with Crippen molar-refractivity contribution in [3.05, 3.63) is 30.1 Å². The van der Waals surface area contributed by atoms with E-state index in [1.165, 1.54) is 11.8 Å². The number of aromatic nitrogens is 1. The molecule has 0 unspecified atom stereocenters. The van der Waals surface area contributed by atoms with Gasteiger partial charge in [0.05, 0.1) is 11.4 Å². The summed E-state index contributed by atoms with van der Waals surface area (Å²) >= 11 is 10.1. The van der Waals surface area contributed by atoms with Gasteiger partial charge in [0.2, 0.25) is 0 Å². The molecule has 0 fully saturated rings. The Kier molecular flexibility index (Phi) is 9.97. The zero-order valence-electron chi connectivity index (χ0n) is 8.70. The van der Waals surface area contributed by atoms with Gasteiger partial charge in [0.15, 0.2) is 4.32 Å². The van der Waals surface area contributed by atoms with Crippen LogP contribution in [0.2, 0.25) is 0 Å². The standard InChI is InChI=1S/C9H11N3S2.ClH.Cu/c1-7(11-12-9(13)14-2)8-5-3-4-6-10-8;;/h3-6H,1-2H3,(H,12,13);1H;/q;;+1/p-1. The summed E-state index contributed by atoms with van der Waals surface area (Å²) in [4.78, 5) is 4.16. The van der Waals surface area contributed by atoms with Gasteiger partial charge in [-0.05, 0) is 25.3 Å². The molecule has 1 heterocycles. The van der Waals surface area contributed by atoms with Gasteiger partial charge in [-0.15, -0.1) is 0 Å². The van der Waals surface area contributed by atoms with Crippen molar-refractivity contribution >= 4 is 44.1 Å². The second-order valence-corrected chi connectivity index (χ2v) is 4.00. The first-order valence-corrected chi connectivity index (χ1v) is 7.08. The molecule has 92 valence electrons.